The topological polar surface area (TPSA) is 86.6 Å². The van der Waals surface area contributed by atoms with E-state index in [2.05, 4.69) is 5.32 Å². The lowest BCUT2D eigenvalue weighted by Crippen LogP contribution is -2.46. The minimum atomic E-state index is -0.925. The van der Waals surface area contributed by atoms with E-state index in [1.165, 1.54) is 0 Å². The van der Waals surface area contributed by atoms with E-state index in [0.717, 1.165) is 13.0 Å². The first kappa shape index (κ1) is 21.1. The van der Waals surface area contributed by atoms with Crippen molar-refractivity contribution >= 4 is 47.6 Å². The first-order valence-electron chi connectivity index (χ1n) is 6.85. The number of hydrogen-bond donors (Lipinski definition) is 3. The maximum atomic E-state index is 11.7. The molecule has 1 amide bonds. The van der Waals surface area contributed by atoms with Crippen LogP contribution in [0.2, 0.25) is 0 Å². The highest BCUT2D eigenvalue weighted by Crippen LogP contribution is 2.22. The molecule has 121 valence electrons. The summed E-state index contributed by atoms with van der Waals surface area (Å²) < 4.78 is 0.691. The second-order valence-corrected chi connectivity index (χ2v) is 8.88. The van der Waals surface area contributed by atoms with Gasteiger partial charge in [-0.3, -0.25) is 9.59 Å². The van der Waals surface area contributed by atoms with Crippen molar-refractivity contribution in [1.82, 2.24) is 5.32 Å². The van der Waals surface area contributed by atoms with E-state index in [1.54, 1.807) is 11.8 Å². The van der Waals surface area contributed by atoms with Crippen molar-refractivity contribution in [1.29, 1.82) is 0 Å². The lowest BCUT2D eigenvalue weighted by molar-refractivity contribution is -0.893. The minimum Gasteiger partial charge on any atom is -0.481 e. The number of quaternary nitrogens is 1. The Balaban J connectivity index is 3.96. The SMILES string of the molecule is CC(O)C[N+](C)(C)CCCNC(=O)CC(P[B]I)C(=O)O. The number of carboxylic acid groups (broad SMARTS) is 1. The van der Waals surface area contributed by atoms with Crippen molar-refractivity contribution in [2.45, 2.75) is 31.5 Å². The van der Waals surface area contributed by atoms with Crippen LogP contribution in [-0.4, -0.2) is 76.9 Å². The first-order valence-corrected chi connectivity index (χ1v) is 9.25. The normalized spacial score (nSPS) is 14.9. The Morgan fingerprint density at radius 1 is 1.43 bits per heavy atom. The average molecular weight is 430 g/mol. The molecule has 0 fully saturated rings. The second-order valence-electron chi connectivity index (χ2n) is 5.77. The van der Waals surface area contributed by atoms with E-state index in [-0.39, 0.29) is 26.9 Å². The molecule has 6 nitrogen and oxygen atoms in total. The molecule has 3 unspecified atom stereocenters. The molecule has 0 bridgehead atoms. The number of hydrogen-bond acceptors (Lipinski definition) is 3. The third kappa shape index (κ3) is 11.3. The monoisotopic (exact) mass is 430 g/mol. The third-order valence-electron chi connectivity index (χ3n) is 2.97. The smallest absolute Gasteiger partial charge is 0.310 e. The lowest BCUT2D eigenvalue weighted by Gasteiger charge is -2.31. The molecule has 0 aliphatic heterocycles. The number of carbonyl (C=O) groups excluding carboxylic acids is 1. The fraction of sp³-hybridized carbons (Fsp3) is 0.833. The summed E-state index contributed by atoms with van der Waals surface area (Å²) in [5, 5.41) is 21.1. The molecular formula is C12H25BIN2O4P+. The molecule has 0 spiro atoms. The number of aliphatic carboxylic acids is 1. The summed E-state index contributed by atoms with van der Waals surface area (Å²) in [5.41, 5.74) is -0.621. The van der Waals surface area contributed by atoms with Gasteiger partial charge >= 0.3 is 5.97 Å². The molecule has 0 aromatic heterocycles. The van der Waals surface area contributed by atoms with E-state index in [1.807, 2.05) is 36.5 Å². The molecule has 0 aromatic carbocycles. The maximum absolute atomic E-state index is 11.7. The summed E-state index contributed by atoms with van der Waals surface area (Å²) in [7, 11) is 4.21. The highest BCUT2D eigenvalue weighted by atomic mass is 127. The Morgan fingerprint density at radius 2 is 2.05 bits per heavy atom. The standard InChI is InChI=1S/C12H24BIN2O4P/c1-9(17)8-16(2,3)6-4-5-15-11(18)7-10(12(19)20)21-13-14/h9-10,17,21H,4-8H2,1-3H3,(H-,15,18,19,20)/p+1. The van der Waals surface area contributed by atoms with Crippen LogP contribution in [0.25, 0.3) is 0 Å². The fourth-order valence-corrected chi connectivity index (χ4v) is 3.99. The lowest BCUT2D eigenvalue weighted by atomic mass is 10.2. The number of carbonyl (C=O) groups is 2. The van der Waals surface area contributed by atoms with Crippen LogP contribution in [-0.2, 0) is 9.59 Å². The Morgan fingerprint density at radius 3 is 2.52 bits per heavy atom. The summed E-state index contributed by atoms with van der Waals surface area (Å²) in [6.07, 6.45) is 0.472. The van der Waals surface area contributed by atoms with Crippen molar-refractivity contribution in [3.05, 3.63) is 0 Å². The zero-order chi connectivity index (χ0) is 16.5. The Hall–Kier alpha value is 0.0849. The van der Waals surface area contributed by atoms with Crippen LogP contribution in [0.15, 0.2) is 0 Å². The van der Waals surface area contributed by atoms with Gasteiger partial charge in [-0.2, -0.15) is 22.4 Å². The second kappa shape index (κ2) is 10.8. The molecule has 0 aliphatic rings. The highest BCUT2D eigenvalue weighted by Gasteiger charge is 2.21. The third-order valence-corrected chi connectivity index (χ3v) is 5.03. The minimum absolute atomic E-state index is 0.0270. The molecule has 0 rings (SSSR count). The van der Waals surface area contributed by atoms with Crippen LogP contribution in [0.4, 0.5) is 0 Å². The fourth-order valence-electron chi connectivity index (χ4n) is 2.09. The molecule has 0 saturated heterocycles. The molecule has 9 heteroatoms. The Labute approximate surface area is 142 Å². The van der Waals surface area contributed by atoms with Gasteiger partial charge in [-0.1, -0.05) is 0 Å². The number of rotatable bonds is 11. The van der Waals surface area contributed by atoms with Gasteiger partial charge in [0.1, 0.15) is 12.6 Å². The van der Waals surface area contributed by atoms with Crippen LogP contribution in [0.1, 0.15) is 19.8 Å². The first-order chi connectivity index (χ1) is 9.68. The van der Waals surface area contributed by atoms with E-state index in [4.69, 9.17) is 5.11 Å². The van der Waals surface area contributed by atoms with Gasteiger partial charge < -0.3 is 20.0 Å². The quantitative estimate of drug-likeness (QED) is 0.146. The molecule has 21 heavy (non-hydrogen) atoms. The van der Waals surface area contributed by atoms with Gasteiger partial charge in [-0.25, -0.2) is 0 Å². The molecule has 0 aromatic rings. The number of aliphatic hydroxyl groups excluding tert-OH is 1. The van der Waals surface area contributed by atoms with Crippen molar-refractivity contribution in [2.75, 3.05) is 33.7 Å². The summed E-state index contributed by atoms with van der Waals surface area (Å²) >= 11 is 2.01. The summed E-state index contributed by atoms with van der Waals surface area (Å²) in [6.45, 7) is 3.81. The largest absolute Gasteiger partial charge is 0.481 e. The van der Waals surface area contributed by atoms with Crippen molar-refractivity contribution in [2.24, 2.45) is 0 Å². The molecule has 3 N–H and O–H groups in total. The zero-order valence-electron chi connectivity index (χ0n) is 12.8. The summed E-state index contributed by atoms with van der Waals surface area (Å²) in [5.74, 6) is -1.14. The highest BCUT2D eigenvalue weighted by molar-refractivity contribution is 14.1. The zero-order valence-corrected chi connectivity index (χ0v) is 16.0. The van der Waals surface area contributed by atoms with Gasteiger partial charge in [0.25, 0.3) is 0 Å². The van der Waals surface area contributed by atoms with E-state index >= 15 is 0 Å². The van der Waals surface area contributed by atoms with Crippen molar-refractivity contribution in [3.8, 4) is 0 Å². The van der Waals surface area contributed by atoms with Gasteiger partial charge in [0.15, 0.2) is 0 Å². The van der Waals surface area contributed by atoms with Crippen molar-refractivity contribution < 1.29 is 24.3 Å². The van der Waals surface area contributed by atoms with Crippen LogP contribution in [0.5, 0.6) is 0 Å². The van der Waals surface area contributed by atoms with Crippen LogP contribution in [0.3, 0.4) is 0 Å². The predicted molar refractivity (Wildman–Crippen MR) is 95.3 cm³/mol. The molecule has 1 radical (unpaired) electrons. The molecule has 3 atom stereocenters. The summed E-state index contributed by atoms with van der Waals surface area (Å²) in [4.78, 5) is 24.4. The van der Waals surface area contributed by atoms with E-state index < -0.39 is 11.6 Å². The Kier molecular flexibility index (Phi) is 10.8. The molecule has 0 aliphatic carbocycles. The maximum Gasteiger partial charge on any atom is 0.310 e. The van der Waals surface area contributed by atoms with E-state index in [9.17, 15) is 14.7 Å². The number of nitrogens with one attached hydrogen (secondary N) is 1. The predicted octanol–water partition coefficient (Wildman–Crippen LogP) is 0.441. The molecular weight excluding hydrogens is 405 g/mol. The van der Waals surface area contributed by atoms with Crippen molar-refractivity contribution in [3.63, 3.8) is 0 Å². The van der Waals surface area contributed by atoms with Crippen LogP contribution in [0, 0.1) is 0 Å². The Bertz CT molecular complexity index is 345. The van der Waals surface area contributed by atoms with Gasteiger partial charge in [0, 0.05) is 19.4 Å². The van der Waals surface area contributed by atoms with Crippen LogP contribution >= 0.6 is 30.8 Å². The van der Waals surface area contributed by atoms with Gasteiger partial charge in [0.2, 0.25) is 10.8 Å². The number of nitrogens with zero attached hydrogens (tertiary/aromatic N) is 1. The van der Waals surface area contributed by atoms with Gasteiger partial charge in [0.05, 0.1) is 26.3 Å². The molecule has 0 heterocycles. The van der Waals surface area contributed by atoms with Gasteiger partial charge in [-0.15, -0.1) is 8.46 Å². The average Bonchev–Trinajstić information content (AvgIpc) is 2.32. The number of amides is 1. The van der Waals surface area contributed by atoms with Crippen LogP contribution < -0.4 is 5.32 Å². The van der Waals surface area contributed by atoms with Gasteiger partial charge in [-0.05, 0) is 6.92 Å². The summed E-state index contributed by atoms with van der Waals surface area (Å²) in [6, 6.07) is 0. The number of carboxylic acids is 1. The number of aliphatic hydroxyl groups is 1. The van der Waals surface area contributed by atoms with E-state index in [0.29, 0.717) is 17.6 Å². The number of halogens is 1. The molecule has 0 saturated carbocycles. The number of likely N-dealkylation sites (N-methyl/N-ethyl adjacent to an activating group) is 1.